The fraction of sp³-hybridized carbons (Fsp3) is 0.158. The van der Waals surface area contributed by atoms with E-state index in [1.54, 1.807) is 30.3 Å². The normalized spacial score (nSPS) is 10.9. The Morgan fingerprint density at radius 2 is 1.67 bits per heavy atom. The topological polar surface area (TPSA) is 108 Å². The van der Waals surface area contributed by atoms with Crippen molar-refractivity contribution in [1.29, 1.82) is 0 Å². The first-order valence-electron chi connectivity index (χ1n) is 8.12. The lowest BCUT2D eigenvalue weighted by Crippen LogP contribution is -2.35. The summed E-state index contributed by atoms with van der Waals surface area (Å²) in [7, 11) is 0. The van der Waals surface area contributed by atoms with Crippen molar-refractivity contribution in [2.24, 2.45) is 5.10 Å². The van der Waals surface area contributed by atoms with E-state index >= 15 is 0 Å². The first-order chi connectivity index (χ1) is 13.0. The zero-order chi connectivity index (χ0) is 19.6. The van der Waals surface area contributed by atoms with Crippen molar-refractivity contribution in [3.8, 4) is 0 Å². The van der Waals surface area contributed by atoms with Gasteiger partial charge in [-0.3, -0.25) is 14.4 Å². The molecule has 3 N–H and O–H groups in total. The van der Waals surface area contributed by atoms with Gasteiger partial charge in [0, 0.05) is 12.0 Å². The Balaban J connectivity index is 1.95. The second-order valence-electron chi connectivity index (χ2n) is 5.55. The lowest BCUT2D eigenvalue weighted by molar-refractivity contribution is -0.136. The van der Waals surface area contributed by atoms with Crippen LogP contribution in [0.4, 0.5) is 4.39 Å². The number of hydrogen-bond donors (Lipinski definition) is 3. The van der Waals surface area contributed by atoms with Gasteiger partial charge in [0.15, 0.2) is 0 Å². The maximum Gasteiger partial charge on any atom is 0.303 e. The van der Waals surface area contributed by atoms with Gasteiger partial charge in [0.05, 0.1) is 18.7 Å². The molecule has 0 radical (unpaired) electrons. The smallest absolute Gasteiger partial charge is 0.303 e. The van der Waals surface area contributed by atoms with Gasteiger partial charge < -0.3 is 10.4 Å². The molecule has 0 saturated heterocycles. The highest BCUT2D eigenvalue weighted by Gasteiger charge is 2.10. The summed E-state index contributed by atoms with van der Waals surface area (Å²) in [4.78, 5) is 34.6. The van der Waals surface area contributed by atoms with Crippen LogP contribution < -0.4 is 10.7 Å². The molecule has 140 valence electrons. The highest BCUT2D eigenvalue weighted by atomic mass is 19.1. The molecule has 27 heavy (non-hydrogen) atoms. The molecule has 0 spiro atoms. The zero-order valence-corrected chi connectivity index (χ0v) is 14.3. The number of nitrogens with one attached hydrogen (secondary N) is 2. The van der Waals surface area contributed by atoms with Gasteiger partial charge in [-0.05, 0) is 23.8 Å². The summed E-state index contributed by atoms with van der Waals surface area (Å²) in [5, 5.41) is 15.2. The molecule has 0 aromatic heterocycles. The molecule has 0 atom stereocenters. The van der Waals surface area contributed by atoms with E-state index in [0.29, 0.717) is 11.3 Å². The molecule has 0 fully saturated rings. The fourth-order valence-corrected chi connectivity index (χ4v) is 2.18. The van der Waals surface area contributed by atoms with Crippen LogP contribution in [0.2, 0.25) is 0 Å². The largest absolute Gasteiger partial charge is 0.481 e. The molecule has 0 aliphatic carbocycles. The third-order valence-corrected chi connectivity index (χ3v) is 3.49. The molecule has 2 amide bonds. The Kier molecular flexibility index (Phi) is 7.18. The molecule has 2 aromatic rings. The summed E-state index contributed by atoms with van der Waals surface area (Å²) < 4.78 is 13.1. The maximum absolute atomic E-state index is 13.1. The van der Waals surface area contributed by atoms with E-state index < -0.39 is 23.6 Å². The minimum absolute atomic E-state index is 0.0951. The predicted octanol–water partition coefficient (Wildman–Crippen LogP) is 1.94. The average Bonchev–Trinajstić information content (AvgIpc) is 2.66. The van der Waals surface area contributed by atoms with Gasteiger partial charge in [-0.15, -0.1) is 0 Å². The highest BCUT2D eigenvalue weighted by molar-refractivity contribution is 6.02. The summed E-state index contributed by atoms with van der Waals surface area (Å²) in [5.41, 5.74) is 3.47. The number of carbonyl (C=O) groups excluding carboxylic acids is 2. The Hall–Kier alpha value is -3.55. The van der Waals surface area contributed by atoms with Crippen LogP contribution in [0.3, 0.4) is 0 Å². The number of hydrogen-bond acceptors (Lipinski definition) is 4. The van der Waals surface area contributed by atoms with Gasteiger partial charge in [-0.1, -0.05) is 36.4 Å². The van der Waals surface area contributed by atoms with Crippen molar-refractivity contribution in [2.45, 2.75) is 12.8 Å². The van der Waals surface area contributed by atoms with Crippen LogP contribution in [0.5, 0.6) is 0 Å². The quantitative estimate of drug-likeness (QED) is 0.487. The van der Waals surface area contributed by atoms with E-state index in [1.165, 1.54) is 18.2 Å². The number of nitrogens with zero attached hydrogens (tertiary/aromatic N) is 1. The number of halogens is 1. The standard InChI is InChI=1S/C19H18FN3O4/c20-15-8-4-7-14(11-15)19(27)21-12-17(24)23-22-16(9-10-18(25)26)13-5-2-1-3-6-13/h1-8,11H,9-10,12H2,(H,21,27)(H,23,24)(H,25,26). The van der Waals surface area contributed by atoms with Gasteiger partial charge in [-0.25, -0.2) is 9.82 Å². The molecule has 0 bridgehead atoms. The number of rotatable bonds is 8. The van der Waals surface area contributed by atoms with Gasteiger partial charge in [0.25, 0.3) is 11.8 Å². The van der Waals surface area contributed by atoms with Crippen LogP contribution in [-0.4, -0.2) is 35.1 Å². The summed E-state index contributed by atoms with van der Waals surface area (Å²) >= 11 is 0. The van der Waals surface area contributed by atoms with Gasteiger partial charge in [0.1, 0.15) is 5.82 Å². The van der Waals surface area contributed by atoms with E-state index in [9.17, 15) is 18.8 Å². The fourth-order valence-electron chi connectivity index (χ4n) is 2.18. The Labute approximate surface area is 154 Å². The van der Waals surface area contributed by atoms with Gasteiger partial charge >= 0.3 is 5.97 Å². The van der Waals surface area contributed by atoms with Crippen LogP contribution in [0.1, 0.15) is 28.8 Å². The molecule has 0 unspecified atom stereocenters. The SMILES string of the molecule is O=C(O)CCC(=NNC(=O)CNC(=O)c1cccc(F)c1)c1ccccc1. The van der Waals surface area contributed by atoms with Crippen molar-refractivity contribution in [1.82, 2.24) is 10.7 Å². The van der Waals surface area contributed by atoms with E-state index in [-0.39, 0.29) is 24.9 Å². The van der Waals surface area contributed by atoms with E-state index in [1.807, 2.05) is 0 Å². The van der Waals surface area contributed by atoms with Crippen LogP contribution in [0.15, 0.2) is 59.7 Å². The van der Waals surface area contributed by atoms with Crippen LogP contribution in [0.25, 0.3) is 0 Å². The van der Waals surface area contributed by atoms with Crippen molar-refractivity contribution in [3.05, 3.63) is 71.5 Å². The Morgan fingerprint density at radius 3 is 2.33 bits per heavy atom. The lowest BCUT2D eigenvalue weighted by atomic mass is 10.1. The Morgan fingerprint density at radius 1 is 0.963 bits per heavy atom. The summed E-state index contributed by atoms with van der Waals surface area (Å²) in [5.74, 6) is -2.72. The molecular weight excluding hydrogens is 353 g/mol. The number of hydrazone groups is 1. The molecule has 7 nitrogen and oxygen atoms in total. The van der Waals surface area contributed by atoms with E-state index in [0.717, 1.165) is 6.07 Å². The average molecular weight is 371 g/mol. The van der Waals surface area contributed by atoms with E-state index in [4.69, 9.17) is 5.11 Å². The molecule has 2 rings (SSSR count). The molecule has 0 aliphatic rings. The monoisotopic (exact) mass is 371 g/mol. The highest BCUT2D eigenvalue weighted by Crippen LogP contribution is 2.06. The summed E-state index contributed by atoms with van der Waals surface area (Å²) in [6, 6.07) is 13.9. The molecular formula is C19H18FN3O4. The lowest BCUT2D eigenvalue weighted by Gasteiger charge is -2.07. The van der Waals surface area contributed by atoms with Crippen LogP contribution in [0, 0.1) is 5.82 Å². The first kappa shape index (κ1) is 19.8. The number of carbonyl (C=O) groups is 3. The van der Waals surface area contributed by atoms with Crippen LogP contribution >= 0.6 is 0 Å². The number of aliphatic carboxylic acids is 1. The summed E-state index contributed by atoms with van der Waals surface area (Å²) in [6.07, 6.45) is -0.00478. The van der Waals surface area contributed by atoms with Crippen molar-refractivity contribution < 1.29 is 23.9 Å². The van der Waals surface area contributed by atoms with E-state index in [2.05, 4.69) is 15.8 Å². The van der Waals surface area contributed by atoms with Crippen LogP contribution in [-0.2, 0) is 9.59 Å². The molecule has 8 heteroatoms. The molecule has 0 heterocycles. The number of benzene rings is 2. The first-order valence-corrected chi connectivity index (χ1v) is 8.12. The van der Waals surface area contributed by atoms with Gasteiger partial charge in [0.2, 0.25) is 0 Å². The maximum atomic E-state index is 13.1. The zero-order valence-electron chi connectivity index (χ0n) is 14.3. The molecule has 2 aromatic carbocycles. The minimum atomic E-state index is -0.979. The van der Waals surface area contributed by atoms with Crippen molar-refractivity contribution in [2.75, 3.05) is 6.54 Å². The Bertz CT molecular complexity index is 853. The molecule has 0 aliphatic heterocycles. The molecule has 0 saturated carbocycles. The number of carboxylic acids is 1. The summed E-state index contributed by atoms with van der Waals surface area (Å²) in [6.45, 7) is -0.361. The third-order valence-electron chi connectivity index (χ3n) is 3.49. The van der Waals surface area contributed by atoms with Crippen molar-refractivity contribution >= 4 is 23.5 Å². The second-order valence-corrected chi connectivity index (χ2v) is 5.55. The second kappa shape index (κ2) is 9.81. The van der Waals surface area contributed by atoms with Crippen molar-refractivity contribution in [3.63, 3.8) is 0 Å². The predicted molar refractivity (Wildman–Crippen MR) is 96.7 cm³/mol. The minimum Gasteiger partial charge on any atom is -0.481 e. The van der Waals surface area contributed by atoms with Gasteiger partial charge in [-0.2, -0.15) is 5.10 Å². The third kappa shape index (κ3) is 6.69. The number of carboxylic acid groups (broad SMARTS) is 1. The number of amides is 2.